The van der Waals surface area contributed by atoms with Crippen LogP contribution >= 0.6 is 22.9 Å². The lowest BCUT2D eigenvalue weighted by molar-refractivity contribution is 0.177. The smallest absolute Gasteiger partial charge is 0.126 e. The van der Waals surface area contributed by atoms with Crippen molar-refractivity contribution in [3.63, 3.8) is 0 Å². The molecule has 0 amide bonds. The number of halogens is 1. The van der Waals surface area contributed by atoms with Crippen LogP contribution in [0.2, 0.25) is 5.02 Å². The minimum Gasteiger partial charge on any atom is -0.493 e. The Bertz CT molecular complexity index is 551. The summed E-state index contributed by atoms with van der Waals surface area (Å²) in [5, 5.41) is 14.8. The molecule has 1 aromatic carbocycles. The molecule has 0 fully saturated rings. The van der Waals surface area contributed by atoms with Crippen molar-refractivity contribution in [2.45, 2.75) is 18.9 Å². The maximum Gasteiger partial charge on any atom is 0.126 e. The van der Waals surface area contributed by atoms with Gasteiger partial charge in [-0.25, -0.2) is 0 Å². The first-order valence-corrected chi connectivity index (χ1v) is 7.20. The van der Waals surface area contributed by atoms with Gasteiger partial charge in [0.25, 0.3) is 0 Å². The van der Waals surface area contributed by atoms with Crippen molar-refractivity contribution in [1.82, 2.24) is 0 Å². The van der Waals surface area contributed by atoms with E-state index in [0.717, 1.165) is 28.9 Å². The minimum absolute atomic E-state index is 0.497. The summed E-state index contributed by atoms with van der Waals surface area (Å²) in [6.07, 6.45) is 0.944. The molecule has 2 aromatic rings. The Morgan fingerprint density at radius 1 is 1.44 bits per heavy atom. The fourth-order valence-electron chi connectivity index (χ4n) is 2.29. The molecule has 0 saturated heterocycles. The van der Waals surface area contributed by atoms with E-state index in [1.807, 2.05) is 29.0 Å². The summed E-state index contributed by atoms with van der Waals surface area (Å²) in [5.41, 5.74) is 3.09. The SMILES string of the molecule is OC(Cc1cc(Cl)cc2c1OCC2)c1ccsc1. The fraction of sp³-hybridized carbons (Fsp3) is 0.286. The van der Waals surface area contributed by atoms with E-state index in [1.54, 1.807) is 11.3 Å². The molecule has 1 unspecified atom stereocenters. The lowest BCUT2D eigenvalue weighted by Crippen LogP contribution is -2.02. The van der Waals surface area contributed by atoms with Crippen LogP contribution in [-0.4, -0.2) is 11.7 Å². The van der Waals surface area contributed by atoms with E-state index < -0.39 is 6.10 Å². The third kappa shape index (κ3) is 2.26. The minimum atomic E-state index is -0.497. The number of fused-ring (bicyclic) bond motifs is 1. The normalized spacial score (nSPS) is 15.2. The van der Waals surface area contributed by atoms with E-state index in [-0.39, 0.29) is 0 Å². The van der Waals surface area contributed by atoms with Crippen LogP contribution in [0.3, 0.4) is 0 Å². The summed E-state index contributed by atoms with van der Waals surface area (Å²) in [6.45, 7) is 0.706. The second-order valence-electron chi connectivity index (χ2n) is 4.43. The maximum atomic E-state index is 10.2. The summed E-state index contributed by atoms with van der Waals surface area (Å²) in [5.74, 6) is 0.911. The summed E-state index contributed by atoms with van der Waals surface area (Å²) < 4.78 is 5.64. The van der Waals surface area contributed by atoms with Gasteiger partial charge < -0.3 is 9.84 Å². The fourth-order valence-corrected chi connectivity index (χ4v) is 3.26. The second-order valence-corrected chi connectivity index (χ2v) is 5.64. The van der Waals surface area contributed by atoms with Crippen LogP contribution in [0, 0.1) is 0 Å². The Balaban J connectivity index is 1.89. The average molecular weight is 281 g/mol. The number of thiophene rings is 1. The Hall–Kier alpha value is -1.03. The van der Waals surface area contributed by atoms with Gasteiger partial charge in [-0.05, 0) is 45.6 Å². The zero-order chi connectivity index (χ0) is 12.5. The molecule has 4 heteroatoms. The van der Waals surface area contributed by atoms with Crippen molar-refractivity contribution in [3.8, 4) is 5.75 Å². The van der Waals surface area contributed by atoms with Gasteiger partial charge in [0.05, 0.1) is 12.7 Å². The quantitative estimate of drug-likeness (QED) is 0.931. The van der Waals surface area contributed by atoms with Gasteiger partial charge in [0.2, 0.25) is 0 Å². The Morgan fingerprint density at radius 2 is 2.33 bits per heavy atom. The Kier molecular flexibility index (Phi) is 3.29. The van der Waals surface area contributed by atoms with Crippen LogP contribution in [0.4, 0.5) is 0 Å². The van der Waals surface area contributed by atoms with Crippen molar-refractivity contribution in [2.75, 3.05) is 6.61 Å². The molecule has 1 N–H and O–H groups in total. The largest absolute Gasteiger partial charge is 0.493 e. The monoisotopic (exact) mass is 280 g/mol. The maximum absolute atomic E-state index is 10.2. The topological polar surface area (TPSA) is 29.5 Å². The lowest BCUT2D eigenvalue weighted by Gasteiger charge is -2.13. The predicted octanol–water partition coefficient (Wildman–Crippen LogP) is 3.61. The number of hydrogen-bond donors (Lipinski definition) is 1. The number of hydrogen-bond acceptors (Lipinski definition) is 3. The van der Waals surface area contributed by atoms with E-state index in [4.69, 9.17) is 16.3 Å². The first kappa shape index (κ1) is 12.0. The van der Waals surface area contributed by atoms with Crippen molar-refractivity contribution >= 4 is 22.9 Å². The van der Waals surface area contributed by atoms with Crippen LogP contribution in [0.5, 0.6) is 5.75 Å². The highest BCUT2D eigenvalue weighted by Crippen LogP contribution is 2.35. The molecular weight excluding hydrogens is 268 g/mol. The molecule has 1 aliphatic rings. The van der Waals surface area contributed by atoms with Gasteiger partial charge in [0.15, 0.2) is 0 Å². The van der Waals surface area contributed by atoms with Crippen molar-refractivity contribution < 1.29 is 9.84 Å². The standard InChI is InChI=1S/C14H13ClO2S/c15-12-5-9-1-3-17-14(9)11(6-12)7-13(16)10-2-4-18-8-10/h2,4-6,8,13,16H,1,3,7H2. The highest BCUT2D eigenvalue weighted by atomic mass is 35.5. The van der Waals surface area contributed by atoms with Gasteiger partial charge in [0.1, 0.15) is 5.75 Å². The van der Waals surface area contributed by atoms with Crippen LogP contribution in [0.15, 0.2) is 29.0 Å². The first-order valence-electron chi connectivity index (χ1n) is 5.88. The third-order valence-electron chi connectivity index (χ3n) is 3.17. The molecule has 0 spiro atoms. The van der Waals surface area contributed by atoms with Gasteiger partial charge in [-0.3, -0.25) is 0 Å². The molecule has 1 atom stereocenters. The number of benzene rings is 1. The van der Waals surface area contributed by atoms with E-state index in [2.05, 4.69) is 0 Å². The van der Waals surface area contributed by atoms with Crippen molar-refractivity contribution in [1.29, 1.82) is 0 Å². The molecule has 1 aromatic heterocycles. The molecule has 2 heterocycles. The second kappa shape index (κ2) is 4.92. The van der Waals surface area contributed by atoms with E-state index in [1.165, 1.54) is 0 Å². The lowest BCUT2D eigenvalue weighted by atomic mass is 10.0. The predicted molar refractivity (Wildman–Crippen MR) is 73.6 cm³/mol. The van der Waals surface area contributed by atoms with Crippen molar-refractivity contribution in [2.24, 2.45) is 0 Å². The highest BCUT2D eigenvalue weighted by molar-refractivity contribution is 7.07. The summed E-state index contributed by atoms with van der Waals surface area (Å²) in [4.78, 5) is 0. The molecule has 3 rings (SSSR count). The number of rotatable bonds is 3. The molecule has 2 nitrogen and oxygen atoms in total. The molecule has 0 aliphatic carbocycles. The van der Waals surface area contributed by atoms with Gasteiger partial charge in [-0.2, -0.15) is 11.3 Å². The Morgan fingerprint density at radius 3 is 3.11 bits per heavy atom. The molecule has 0 saturated carbocycles. The first-order chi connectivity index (χ1) is 8.74. The van der Waals surface area contributed by atoms with Crippen LogP contribution in [0.1, 0.15) is 22.8 Å². The summed E-state index contributed by atoms with van der Waals surface area (Å²) >= 11 is 7.69. The summed E-state index contributed by atoms with van der Waals surface area (Å²) in [7, 11) is 0. The summed E-state index contributed by atoms with van der Waals surface area (Å²) in [6, 6.07) is 5.78. The zero-order valence-corrected chi connectivity index (χ0v) is 11.3. The van der Waals surface area contributed by atoms with E-state index in [9.17, 15) is 5.11 Å². The van der Waals surface area contributed by atoms with Crippen LogP contribution < -0.4 is 4.74 Å². The van der Waals surface area contributed by atoms with Crippen LogP contribution in [0.25, 0.3) is 0 Å². The third-order valence-corrected chi connectivity index (χ3v) is 4.09. The van der Waals surface area contributed by atoms with Gasteiger partial charge in [-0.1, -0.05) is 11.6 Å². The van der Waals surface area contributed by atoms with Crippen LogP contribution in [-0.2, 0) is 12.8 Å². The molecule has 94 valence electrons. The zero-order valence-electron chi connectivity index (χ0n) is 9.73. The van der Waals surface area contributed by atoms with Gasteiger partial charge in [0, 0.05) is 17.9 Å². The Labute approximate surface area is 115 Å². The highest BCUT2D eigenvalue weighted by Gasteiger charge is 2.20. The van der Waals surface area contributed by atoms with E-state index in [0.29, 0.717) is 18.1 Å². The molecule has 1 aliphatic heterocycles. The molecular formula is C14H13ClO2S. The number of aliphatic hydroxyl groups is 1. The number of aliphatic hydroxyl groups excluding tert-OH is 1. The number of ether oxygens (including phenoxy) is 1. The van der Waals surface area contributed by atoms with E-state index >= 15 is 0 Å². The van der Waals surface area contributed by atoms with Gasteiger partial charge in [-0.15, -0.1) is 0 Å². The van der Waals surface area contributed by atoms with Crippen molar-refractivity contribution in [3.05, 3.63) is 50.7 Å². The average Bonchev–Trinajstić information content (AvgIpc) is 2.98. The molecule has 0 radical (unpaired) electrons. The molecule has 0 bridgehead atoms. The van der Waals surface area contributed by atoms with Gasteiger partial charge >= 0.3 is 0 Å². The molecule has 18 heavy (non-hydrogen) atoms.